The highest BCUT2D eigenvalue weighted by Gasteiger charge is 2.14. The van der Waals surface area contributed by atoms with Crippen molar-refractivity contribution < 1.29 is 4.39 Å². The summed E-state index contributed by atoms with van der Waals surface area (Å²) in [6.07, 6.45) is 1.57. The van der Waals surface area contributed by atoms with Crippen LogP contribution in [0, 0.1) is 19.7 Å². The maximum atomic E-state index is 13.3. The predicted molar refractivity (Wildman–Crippen MR) is 102 cm³/mol. The van der Waals surface area contributed by atoms with Crippen LogP contribution in [0.3, 0.4) is 0 Å². The largest absolute Gasteiger partial charge is 0.339 e. The van der Waals surface area contributed by atoms with E-state index in [0.717, 1.165) is 38.4 Å². The number of nitrogens with zero attached hydrogens (tertiary/aromatic N) is 2. The molecule has 0 aliphatic heterocycles. The van der Waals surface area contributed by atoms with Gasteiger partial charge in [-0.05, 0) is 43.2 Å². The van der Waals surface area contributed by atoms with E-state index in [1.165, 1.54) is 17.7 Å². The van der Waals surface area contributed by atoms with Gasteiger partial charge in [-0.1, -0.05) is 29.8 Å². The van der Waals surface area contributed by atoms with Gasteiger partial charge >= 0.3 is 0 Å². The number of thiophene rings is 1. The number of rotatable bonds is 3. The summed E-state index contributed by atoms with van der Waals surface area (Å²) >= 11 is 1.56. The Labute approximate surface area is 149 Å². The zero-order chi connectivity index (χ0) is 17.4. The Morgan fingerprint density at radius 1 is 1.00 bits per heavy atom. The lowest BCUT2D eigenvalue weighted by Gasteiger charge is -2.11. The van der Waals surface area contributed by atoms with Crippen molar-refractivity contribution in [2.45, 2.75) is 13.8 Å². The zero-order valence-electron chi connectivity index (χ0n) is 13.9. The minimum Gasteiger partial charge on any atom is -0.339 e. The molecule has 25 heavy (non-hydrogen) atoms. The monoisotopic (exact) mass is 349 g/mol. The van der Waals surface area contributed by atoms with E-state index in [2.05, 4.69) is 47.3 Å². The van der Waals surface area contributed by atoms with Crippen LogP contribution in [-0.4, -0.2) is 9.97 Å². The van der Waals surface area contributed by atoms with Gasteiger partial charge in [0, 0.05) is 16.6 Å². The Bertz CT molecular complexity index is 1050. The minimum atomic E-state index is -0.242. The zero-order valence-corrected chi connectivity index (χ0v) is 14.7. The standard InChI is InChI=1S/C20H16FN3S/c1-12-3-8-17(13(2)9-12)24-19-18-16(10-25-20(18)23-11-22-19)14-4-6-15(21)7-5-14/h3-11H,1-2H3,(H,22,23,24). The lowest BCUT2D eigenvalue weighted by atomic mass is 10.1. The molecule has 0 aliphatic carbocycles. The smallest absolute Gasteiger partial charge is 0.143 e. The molecule has 1 N–H and O–H groups in total. The Morgan fingerprint density at radius 2 is 1.80 bits per heavy atom. The number of benzene rings is 2. The minimum absolute atomic E-state index is 0.242. The molecule has 4 rings (SSSR count). The van der Waals surface area contributed by atoms with Crippen molar-refractivity contribution in [3.63, 3.8) is 0 Å². The highest BCUT2D eigenvalue weighted by Crippen LogP contribution is 2.37. The van der Waals surface area contributed by atoms with E-state index in [1.807, 2.05) is 5.38 Å². The molecule has 0 spiro atoms. The number of aromatic nitrogens is 2. The second-order valence-corrected chi connectivity index (χ2v) is 6.86. The maximum absolute atomic E-state index is 13.3. The van der Waals surface area contributed by atoms with Crippen LogP contribution in [0.25, 0.3) is 21.3 Å². The molecule has 0 fully saturated rings. The fourth-order valence-electron chi connectivity index (χ4n) is 2.89. The average Bonchev–Trinajstić information content (AvgIpc) is 3.03. The summed E-state index contributed by atoms with van der Waals surface area (Å²) in [5.74, 6) is 0.519. The molecule has 0 aliphatic rings. The third-order valence-corrected chi connectivity index (χ3v) is 5.05. The van der Waals surface area contributed by atoms with Crippen molar-refractivity contribution in [1.82, 2.24) is 9.97 Å². The summed E-state index contributed by atoms with van der Waals surface area (Å²) in [5, 5.41) is 6.43. The fourth-order valence-corrected chi connectivity index (χ4v) is 3.81. The molecule has 0 bridgehead atoms. The highest BCUT2D eigenvalue weighted by atomic mass is 32.1. The van der Waals surface area contributed by atoms with Gasteiger partial charge in [-0.2, -0.15) is 0 Å². The van der Waals surface area contributed by atoms with E-state index in [1.54, 1.807) is 29.8 Å². The Hall–Kier alpha value is -2.79. The first-order valence-electron chi connectivity index (χ1n) is 7.94. The van der Waals surface area contributed by atoms with Gasteiger partial charge in [0.05, 0.1) is 5.39 Å². The SMILES string of the molecule is Cc1ccc(Nc2ncnc3scc(-c4ccc(F)cc4)c23)c(C)c1. The van der Waals surface area contributed by atoms with E-state index >= 15 is 0 Å². The van der Waals surface area contributed by atoms with Crippen LogP contribution in [-0.2, 0) is 0 Å². The van der Waals surface area contributed by atoms with E-state index in [4.69, 9.17) is 0 Å². The van der Waals surface area contributed by atoms with Crippen LogP contribution in [0.5, 0.6) is 0 Å². The van der Waals surface area contributed by atoms with Crippen LogP contribution >= 0.6 is 11.3 Å². The topological polar surface area (TPSA) is 37.8 Å². The lowest BCUT2D eigenvalue weighted by Crippen LogP contribution is -1.97. The van der Waals surface area contributed by atoms with Gasteiger partial charge in [-0.15, -0.1) is 11.3 Å². The van der Waals surface area contributed by atoms with Crippen LogP contribution < -0.4 is 5.32 Å². The molecule has 0 unspecified atom stereocenters. The Morgan fingerprint density at radius 3 is 2.56 bits per heavy atom. The maximum Gasteiger partial charge on any atom is 0.143 e. The van der Waals surface area contributed by atoms with Crippen molar-refractivity contribution in [1.29, 1.82) is 0 Å². The molecule has 124 valence electrons. The van der Waals surface area contributed by atoms with Gasteiger partial charge in [0.25, 0.3) is 0 Å². The molecule has 2 aromatic carbocycles. The number of anilines is 2. The van der Waals surface area contributed by atoms with Crippen LogP contribution in [0.15, 0.2) is 54.2 Å². The second kappa shape index (κ2) is 6.26. The number of fused-ring (bicyclic) bond motifs is 1. The van der Waals surface area contributed by atoms with Gasteiger partial charge in [0.1, 0.15) is 22.8 Å². The van der Waals surface area contributed by atoms with Gasteiger partial charge in [-0.3, -0.25) is 0 Å². The van der Waals surface area contributed by atoms with Gasteiger partial charge in [-0.25, -0.2) is 14.4 Å². The first kappa shape index (κ1) is 15.7. The van der Waals surface area contributed by atoms with Gasteiger partial charge < -0.3 is 5.32 Å². The number of hydrogen-bond donors (Lipinski definition) is 1. The predicted octanol–water partition coefficient (Wildman–Crippen LogP) is 5.86. The molecule has 5 heteroatoms. The van der Waals surface area contributed by atoms with E-state index < -0.39 is 0 Å². The normalized spacial score (nSPS) is 11.0. The quantitative estimate of drug-likeness (QED) is 0.503. The van der Waals surface area contributed by atoms with E-state index in [-0.39, 0.29) is 5.82 Å². The van der Waals surface area contributed by atoms with E-state index in [0.29, 0.717) is 0 Å². The van der Waals surface area contributed by atoms with Crippen LogP contribution in [0.1, 0.15) is 11.1 Å². The highest BCUT2D eigenvalue weighted by molar-refractivity contribution is 7.17. The van der Waals surface area contributed by atoms with Gasteiger partial charge in [0.2, 0.25) is 0 Å². The second-order valence-electron chi connectivity index (χ2n) is 6.00. The summed E-state index contributed by atoms with van der Waals surface area (Å²) < 4.78 is 13.3. The molecule has 2 aromatic heterocycles. The molecule has 0 saturated heterocycles. The Kier molecular flexibility index (Phi) is 3.93. The molecule has 0 amide bonds. The third kappa shape index (κ3) is 2.98. The summed E-state index contributed by atoms with van der Waals surface area (Å²) in [6.45, 7) is 4.15. The van der Waals surface area contributed by atoms with Crippen molar-refractivity contribution in [2.75, 3.05) is 5.32 Å². The Balaban J connectivity index is 1.84. The molecular formula is C20H16FN3S. The van der Waals surface area contributed by atoms with Crippen molar-refractivity contribution in [3.8, 4) is 11.1 Å². The molecule has 0 saturated carbocycles. The number of nitrogens with one attached hydrogen (secondary N) is 1. The molecule has 2 heterocycles. The van der Waals surface area contributed by atoms with Crippen molar-refractivity contribution in [3.05, 3.63) is 71.1 Å². The molecule has 0 atom stereocenters. The van der Waals surface area contributed by atoms with Crippen molar-refractivity contribution >= 4 is 33.1 Å². The molecular weight excluding hydrogens is 333 g/mol. The fraction of sp³-hybridized carbons (Fsp3) is 0.100. The number of hydrogen-bond acceptors (Lipinski definition) is 4. The van der Waals surface area contributed by atoms with Crippen LogP contribution in [0.4, 0.5) is 15.9 Å². The molecule has 4 aromatic rings. The van der Waals surface area contributed by atoms with E-state index in [9.17, 15) is 4.39 Å². The number of halogens is 1. The average molecular weight is 349 g/mol. The summed E-state index contributed by atoms with van der Waals surface area (Å²) in [6, 6.07) is 12.8. The molecule has 3 nitrogen and oxygen atoms in total. The van der Waals surface area contributed by atoms with Crippen molar-refractivity contribution in [2.24, 2.45) is 0 Å². The van der Waals surface area contributed by atoms with Crippen LogP contribution in [0.2, 0.25) is 0 Å². The number of aryl methyl sites for hydroxylation is 2. The molecule has 0 radical (unpaired) electrons. The third-order valence-electron chi connectivity index (χ3n) is 4.16. The summed E-state index contributed by atoms with van der Waals surface area (Å²) in [7, 11) is 0. The first-order valence-corrected chi connectivity index (χ1v) is 8.82. The summed E-state index contributed by atoms with van der Waals surface area (Å²) in [5.41, 5.74) is 5.35. The summed E-state index contributed by atoms with van der Waals surface area (Å²) in [4.78, 5) is 9.73. The lowest BCUT2D eigenvalue weighted by molar-refractivity contribution is 0.628. The van der Waals surface area contributed by atoms with Gasteiger partial charge in [0.15, 0.2) is 0 Å². The first-order chi connectivity index (χ1) is 12.1.